The van der Waals surface area contributed by atoms with Gasteiger partial charge in [-0.2, -0.15) is 5.26 Å². The summed E-state index contributed by atoms with van der Waals surface area (Å²) in [5, 5.41) is 13.8. The summed E-state index contributed by atoms with van der Waals surface area (Å²) in [6.45, 7) is 5.99. The molecule has 0 spiro atoms. The lowest BCUT2D eigenvalue weighted by Gasteiger charge is -2.10. The van der Waals surface area contributed by atoms with E-state index < -0.39 is 0 Å². The third-order valence-corrected chi connectivity index (χ3v) is 5.05. The highest BCUT2D eigenvalue weighted by atomic mass is 32.2. The van der Waals surface area contributed by atoms with Gasteiger partial charge in [0.05, 0.1) is 16.8 Å². The van der Waals surface area contributed by atoms with Gasteiger partial charge in [0.1, 0.15) is 11.1 Å². The fraction of sp³-hybridized carbons (Fsp3) is 0.190. The first-order chi connectivity index (χ1) is 12.5. The van der Waals surface area contributed by atoms with Gasteiger partial charge in [-0.1, -0.05) is 41.6 Å². The Hall–Kier alpha value is -2.84. The number of carbonyl (C=O) groups excluding carboxylic acids is 1. The Morgan fingerprint density at radius 3 is 2.58 bits per heavy atom. The van der Waals surface area contributed by atoms with Gasteiger partial charge < -0.3 is 5.32 Å². The standard InChI is InChI=1S/C21H19N3OS/c1-13-5-7-18(15(3)8-13)23-20(25)12-26-21-17(11-22)10-16-6-4-14(2)9-19(16)24-21/h4-10H,12H2,1-3H3,(H,23,25). The Morgan fingerprint density at radius 2 is 1.85 bits per heavy atom. The highest BCUT2D eigenvalue weighted by Gasteiger charge is 2.11. The van der Waals surface area contributed by atoms with E-state index >= 15 is 0 Å². The van der Waals surface area contributed by atoms with Crippen LogP contribution in [-0.2, 0) is 4.79 Å². The molecule has 26 heavy (non-hydrogen) atoms. The van der Waals surface area contributed by atoms with Crippen molar-refractivity contribution >= 4 is 34.3 Å². The summed E-state index contributed by atoms with van der Waals surface area (Å²) in [6.07, 6.45) is 0. The second kappa shape index (κ2) is 7.59. The van der Waals surface area contributed by atoms with Crippen molar-refractivity contribution in [2.45, 2.75) is 25.8 Å². The molecule has 0 fully saturated rings. The van der Waals surface area contributed by atoms with Gasteiger partial charge in [0.15, 0.2) is 0 Å². The van der Waals surface area contributed by atoms with E-state index in [-0.39, 0.29) is 11.7 Å². The molecule has 4 nitrogen and oxygen atoms in total. The predicted molar refractivity (Wildman–Crippen MR) is 106 cm³/mol. The van der Waals surface area contributed by atoms with Gasteiger partial charge in [-0.25, -0.2) is 4.98 Å². The second-order valence-electron chi connectivity index (χ2n) is 6.30. The number of rotatable bonds is 4. The minimum Gasteiger partial charge on any atom is -0.325 e. The van der Waals surface area contributed by atoms with Crippen LogP contribution in [0.3, 0.4) is 0 Å². The SMILES string of the molecule is Cc1ccc(NC(=O)CSc2nc3cc(C)ccc3cc2C#N)c(C)c1. The highest BCUT2D eigenvalue weighted by molar-refractivity contribution is 8.00. The van der Waals surface area contributed by atoms with E-state index in [1.165, 1.54) is 11.8 Å². The van der Waals surface area contributed by atoms with Crippen LogP contribution in [0.25, 0.3) is 10.9 Å². The van der Waals surface area contributed by atoms with Crippen LogP contribution in [0.4, 0.5) is 5.69 Å². The van der Waals surface area contributed by atoms with Crippen molar-refractivity contribution in [1.29, 1.82) is 5.26 Å². The first-order valence-corrected chi connectivity index (χ1v) is 9.26. The number of nitriles is 1. The molecule has 1 amide bonds. The number of aryl methyl sites for hydroxylation is 3. The van der Waals surface area contributed by atoms with E-state index in [0.717, 1.165) is 33.3 Å². The molecular weight excluding hydrogens is 342 g/mol. The van der Waals surface area contributed by atoms with Gasteiger partial charge in [0.25, 0.3) is 0 Å². The third-order valence-electron chi connectivity index (χ3n) is 4.05. The molecule has 1 heterocycles. The number of amides is 1. The molecule has 0 saturated heterocycles. The van der Waals surface area contributed by atoms with Crippen molar-refractivity contribution < 1.29 is 4.79 Å². The lowest BCUT2D eigenvalue weighted by molar-refractivity contribution is -0.113. The third kappa shape index (κ3) is 4.04. The summed E-state index contributed by atoms with van der Waals surface area (Å²) in [5.41, 5.74) is 5.43. The van der Waals surface area contributed by atoms with Crippen molar-refractivity contribution in [3.63, 3.8) is 0 Å². The van der Waals surface area contributed by atoms with Gasteiger partial charge in [0.2, 0.25) is 5.91 Å². The van der Waals surface area contributed by atoms with E-state index in [4.69, 9.17) is 0 Å². The van der Waals surface area contributed by atoms with Crippen molar-refractivity contribution in [3.05, 3.63) is 64.7 Å². The Labute approximate surface area is 157 Å². The average Bonchev–Trinajstić information content (AvgIpc) is 2.61. The zero-order valence-electron chi connectivity index (χ0n) is 15.0. The molecule has 0 aliphatic heterocycles. The van der Waals surface area contributed by atoms with Gasteiger partial charge in [0, 0.05) is 11.1 Å². The van der Waals surface area contributed by atoms with E-state index in [9.17, 15) is 10.1 Å². The van der Waals surface area contributed by atoms with Crippen molar-refractivity contribution in [1.82, 2.24) is 4.98 Å². The van der Waals surface area contributed by atoms with Crippen molar-refractivity contribution in [3.8, 4) is 6.07 Å². The number of benzene rings is 2. The van der Waals surface area contributed by atoms with E-state index in [1.54, 1.807) is 0 Å². The molecule has 0 bridgehead atoms. The van der Waals surface area contributed by atoms with Gasteiger partial charge >= 0.3 is 0 Å². The number of nitrogens with zero attached hydrogens (tertiary/aromatic N) is 2. The molecule has 3 aromatic rings. The zero-order chi connectivity index (χ0) is 18.7. The van der Waals surface area contributed by atoms with Gasteiger partial charge in [-0.05, 0) is 50.1 Å². The zero-order valence-corrected chi connectivity index (χ0v) is 15.8. The van der Waals surface area contributed by atoms with Gasteiger partial charge in [-0.15, -0.1) is 0 Å². The molecule has 5 heteroatoms. The molecule has 3 rings (SSSR count). The van der Waals surface area contributed by atoms with Crippen LogP contribution in [0.2, 0.25) is 0 Å². The number of hydrogen-bond donors (Lipinski definition) is 1. The van der Waals surface area contributed by atoms with Crippen LogP contribution >= 0.6 is 11.8 Å². The Kier molecular flexibility index (Phi) is 5.24. The maximum Gasteiger partial charge on any atom is 0.234 e. The number of fused-ring (bicyclic) bond motifs is 1. The number of nitrogens with one attached hydrogen (secondary N) is 1. The predicted octanol–water partition coefficient (Wildman–Crippen LogP) is 4.76. The Balaban J connectivity index is 1.76. The molecule has 0 aliphatic carbocycles. The van der Waals surface area contributed by atoms with E-state index in [0.29, 0.717) is 10.6 Å². The van der Waals surface area contributed by atoms with Crippen molar-refractivity contribution in [2.75, 3.05) is 11.1 Å². The second-order valence-corrected chi connectivity index (χ2v) is 7.27. The van der Waals surface area contributed by atoms with Crippen LogP contribution in [0.5, 0.6) is 0 Å². The smallest absolute Gasteiger partial charge is 0.234 e. The Bertz CT molecular complexity index is 1040. The molecule has 1 N–H and O–H groups in total. The fourth-order valence-electron chi connectivity index (χ4n) is 2.72. The van der Waals surface area contributed by atoms with Crippen LogP contribution < -0.4 is 5.32 Å². The molecule has 0 radical (unpaired) electrons. The number of pyridine rings is 1. The van der Waals surface area contributed by atoms with Gasteiger partial charge in [-0.3, -0.25) is 4.79 Å². The largest absolute Gasteiger partial charge is 0.325 e. The van der Waals surface area contributed by atoms with E-state index in [2.05, 4.69) is 16.4 Å². The summed E-state index contributed by atoms with van der Waals surface area (Å²) in [5.74, 6) is 0.0868. The van der Waals surface area contributed by atoms with Crippen molar-refractivity contribution in [2.24, 2.45) is 0 Å². The first kappa shape index (κ1) is 18.0. The lowest BCUT2D eigenvalue weighted by atomic mass is 10.1. The van der Waals surface area contributed by atoms with Crippen LogP contribution in [0, 0.1) is 32.1 Å². The molecule has 0 aliphatic rings. The Morgan fingerprint density at radius 1 is 1.12 bits per heavy atom. The summed E-state index contributed by atoms with van der Waals surface area (Å²) < 4.78 is 0. The minimum absolute atomic E-state index is 0.114. The molecule has 0 unspecified atom stereocenters. The number of anilines is 1. The number of aromatic nitrogens is 1. The maximum absolute atomic E-state index is 12.3. The summed E-state index contributed by atoms with van der Waals surface area (Å²) >= 11 is 1.28. The molecule has 0 saturated carbocycles. The maximum atomic E-state index is 12.3. The quantitative estimate of drug-likeness (QED) is 0.680. The van der Waals surface area contributed by atoms with Crippen LogP contribution in [-0.4, -0.2) is 16.6 Å². The normalized spacial score (nSPS) is 10.5. The lowest BCUT2D eigenvalue weighted by Crippen LogP contribution is -2.15. The van der Waals surface area contributed by atoms with Crippen LogP contribution in [0.15, 0.2) is 47.5 Å². The van der Waals surface area contributed by atoms with E-state index in [1.807, 2.05) is 63.2 Å². The topological polar surface area (TPSA) is 65.8 Å². The van der Waals surface area contributed by atoms with Crippen LogP contribution in [0.1, 0.15) is 22.3 Å². The molecule has 2 aromatic carbocycles. The summed E-state index contributed by atoms with van der Waals surface area (Å²) in [7, 11) is 0. The first-order valence-electron chi connectivity index (χ1n) is 8.27. The monoisotopic (exact) mass is 361 g/mol. The fourth-order valence-corrected chi connectivity index (χ4v) is 3.49. The number of thioether (sulfide) groups is 1. The highest BCUT2D eigenvalue weighted by Crippen LogP contribution is 2.25. The molecule has 1 aromatic heterocycles. The average molecular weight is 361 g/mol. The molecule has 0 atom stereocenters. The summed E-state index contributed by atoms with van der Waals surface area (Å²) in [4.78, 5) is 16.9. The summed E-state index contributed by atoms with van der Waals surface area (Å²) in [6, 6.07) is 15.8. The number of carbonyl (C=O) groups is 1. The number of hydrogen-bond acceptors (Lipinski definition) is 4. The molecule has 130 valence electrons. The minimum atomic E-state index is -0.114. The molecular formula is C21H19N3OS.